The molecule has 3 heteroatoms. The second-order valence-electron chi connectivity index (χ2n) is 4.95. The Kier molecular flexibility index (Phi) is 3.66. The monoisotopic (exact) mass is 222 g/mol. The van der Waals surface area contributed by atoms with Gasteiger partial charge in [0, 0.05) is 30.7 Å². The van der Waals surface area contributed by atoms with E-state index in [1.165, 1.54) is 18.4 Å². The van der Waals surface area contributed by atoms with Crippen molar-refractivity contribution >= 4 is 0 Å². The number of hydrogen-bond donors (Lipinski definition) is 1. The van der Waals surface area contributed by atoms with E-state index >= 15 is 0 Å². The van der Waals surface area contributed by atoms with Gasteiger partial charge in [0.2, 0.25) is 0 Å². The molecule has 0 bridgehead atoms. The molecule has 0 aromatic carbocycles. The first-order valence-corrected chi connectivity index (χ1v) is 6.13. The van der Waals surface area contributed by atoms with E-state index in [4.69, 9.17) is 4.42 Å². The van der Waals surface area contributed by atoms with Gasteiger partial charge < -0.3 is 9.73 Å². The molecule has 1 aromatic heterocycles. The highest BCUT2D eigenvalue weighted by Gasteiger charge is 2.21. The number of aryl methyl sites for hydroxylation is 1. The van der Waals surface area contributed by atoms with E-state index in [0.29, 0.717) is 6.04 Å². The van der Waals surface area contributed by atoms with E-state index in [9.17, 15) is 0 Å². The van der Waals surface area contributed by atoms with Gasteiger partial charge in [0.15, 0.2) is 0 Å². The number of nitrogens with one attached hydrogen (secondary N) is 1. The van der Waals surface area contributed by atoms with Crippen LogP contribution in [-0.2, 0) is 6.54 Å². The van der Waals surface area contributed by atoms with Crippen LogP contribution in [0.1, 0.15) is 31.1 Å². The number of nitrogens with zero attached hydrogens (tertiary/aromatic N) is 1. The third kappa shape index (κ3) is 3.09. The van der Waals surface area contributed by atoms with Gasteiger partial charge >= 0.3 is 0 Å². The summed E-state index contributed by atoms with van der Waals surface area (Å²) in [7, 11) is 2.17. The van der Waals surface area contributed by atoms with Gasteiger partial charge in [0.05, 0.1) is 6.26 Å². The van der Waals surface area contributed by atoms with Crippen molar-refractivity contribution in [1.29, 1.82) is 0 Å². The molecule has 0 spiro atoms. The van der Waals surface area contributed by atoms with Crippen LogP contribution < -0.4 is 5.32 Å². The van der Waals surface area contributed by atoms with Crippen LogP contribution in [-0.4, -0.2) is 30.6 Å². The highest BCUT2D eigenvalue weighted by atomic mass is 16.3. The van der Waals surface area contributed by atoms with Crippen molar-refractivity contribution in [2.75, 3.05) is 13.6 Å². The first-order valence-electron chi connectivity index (χ1n) is 6.13. The Balaban J connectivity index is 1.77. The van der Waals surface area contributed by atoms with Crippen molar-refractivity contribution in [3.8, 4) is 0 Å². The standard InChI is InChI=1S/C13H22N2O/c1-10(8-14-13-4-5-13)15(3)9-12-6-7-16-11(12)2/h6-7,10,13-14H,4-5,8-9H2,1-3H3. The van der Waals surface area contributed by atoms with E-state index in [0.717, 1.165) is 24.9 Å². The number of rotatable bonds is 6. The highest BCUT2D eigenvalue weighted by Crippen LogP contribution is 2.19. The predicted octanol–water partition coefficient (Wildman–Crippen LogP) is 2.16. The van der Waals surface area contributed by atoms with Gasteiger partial charge in [-0.15, -0.1) is 0 Å². The Labute approximate surface area is 97.8 Å². The summed E-state index contributed by atoms with van der Waals surface area (Å²) in [5, 5.41) is 3.57. The van der Waals surface area contributed by atoms with Gasteiger partial charge in [0.1, 0.15) is 5.76 Å². The van der Waals surface area contributed by atoms with Crippen LogP contribution >= 0.6 is 0 Å². The third-order valence-corrected chi connectivity index (χ3v) is 3.42. The summed E-state index contributed by atoms with van der Waals surface area (Å²) in [6.45, 7) is 6.34. The zero-order valence-corrected chi connectivity index (χ0v) is 10.5. The Morgan fingerprint density at radius 1 is 1.56 bits per heavy atom. The Hall–Kier alpha value is -0.800. The molecule has 0 saturated heterocycles. The molecule has 2 rings (SSSR count). The minimum Gasteiger partial charge on any atom is -0.469 e. The van der Waals surface area contributed by atoms with Crippen LogP contribution in [0.25, 0.3) is 0 Å². The lowest BCUT2D eigenvalue weighted by molar-refractivity contribution is 0.241. The fourth-order valence-electron chi connectivity index (χ4n) is 1.78. The summed E-state index contributed by atoms with van der Waals surface area (Å²) >= 11 is 0. The van der Waals surface area contributed by atoms with E-state index < -0.39 is 0 Å². The molecule has 90 valence electrons. The molecule has 1 aliphatic carbocycles. The van der Waals surface area contributed by atoms with E-state index in [-0.39, 0.29) is 0 Å². The molecular formula is C13H22N2O. The van der Waals surface area contributed by atoms with Crippen molar-refractivity contribution in [2.45, 2.75) is 45.3 Å². The molecular weight excluding hydrogens is 200 g/mol. The molecule has 1 unspecified atom stereocenters. The first kappa shape index (κ1) is 11.7. The molecule has 0 amide bonds. The van der Waals surface area contributed by atoms with Gasteiger partial charge in [-0.25, -0.2) is 0 Å². The Morgan fingerprint density at radius 2 is 2.31 bits per heavy atom. The molecule has 0 aliphatic heterocycles. The normalized spacial score (nSPS) is 18.0. The van der Waals surface area contributed by atoms with Gasteiger partial charge in [-0.1, -0.05) is 0 Å². The second-order valence-corrected chi connectivity index (χ2v) is 4.95. The van der Waals surface area contributed by atoms with Crippen molar-refractivity contribution in [3.05, 3.63) is 23.7 Å². The lowest BCUT2D eigenvalue weighted by Crippen LogP contribution is -2.38. The lowest BCUT2D eigenvalue weighted by atomic mass is 10.2. The maximum absolute atomic E-state index is 5.31. The molecule has 1 N–H and O–H groups in total. The Bertz CT molecular complexity index is 330. The fraction of sp³-hybridized carbons (Fsp3) is 0.692. The van der Waals surface area contributed by atoms with Crippen molar-refractivity contribution in [1.82, 2.24) is 10.2 Å². The smallest absolute Gasteiger partial charge is 0.105 e. The summed E-state index contributed by atoms with van der Waals surface area (Å²) in [5.74, 6) is 1.04. The van der Waals surface area contributed by atoms with Crippen LogP contribution in [0, 0.1) is 6.92 Å². The molecule has 1 aliphatic rings. The highest BCUT2D eigenvalue weighted by molar-refractivity contribution is 5.15. The fourth-order valence-corrected chi connectivity index (χ4v) is 1.78. The minimum absolute atomic E-state index is 0.565. The first-order chi connectivity index (χ1) is 7.66. The molecule has 0 radical (unpaired) electrons. The van der Waals surface area contributed by atoms with Crippen LogP contribution in [0.4, 0.5) is 0 Å². The summed E-state index contributed by atoms with van der Waals surface area (Å²) in [4.78, 5) is 2.37. The zero-order valence-electron chi connectivity index (χ0n) is 10.5. The average Bonchev–Trinajstić information content (AvgIpc) is 3.01. The molecule has 3 nitrogen and oxygen atoms in total. The van der Waals surface area contributed by atoms with E-state index in [2.05, 4.69) is 30.3 Å². The SMILES string of the molecule is Cc1occc1CN(C)C(C)CNC1CC1. The van der Waals surface area contributed by atoms with Gasteiger partial charge in [-0.05, 0) is 39.8 Å². The molecule has 1 heterocycles. The average molecular weight is 222 g/mol. The maximum Gasteiger partial charge on any atom is 0.105 e. The molecule has 1 saturated carbocycles. The predicted molar refractivity (Wildman–Crippen MR) is 65.4 cm³/mol. The molecule has 16 heavy (non-hydrogen) atoms. The summed E-state index contributed by atoms with van der Waals surface area (Å²) < 4.78 is 5.31. The topological polar surface area (TPSA) is 28.4 Å². The van der Waals surface area contributed by atoms with Crippen LogP contribution in [0.5, 0.6) is 0 Å². The summed E-state index contributed by atoms with van der Waals surface area (Å²) in [6.07, 6.45) is 4.49. The maximum atomic E-state index is 5.31. The van der Waals surface area contributed by atoms with Crippen LogP contribution in [0.15, 0.2) is 16.7 Å². The number of furan rings is 1. The van der Waals surface area contributed by atoms with Gasteiger partial charge in [-0.3, -0.25) is 4.90 Å². The molecule has 1 fully saturated rings. The largest absolute Gasteiger partial charge is 0.469 e. The molecule has 1 atom stereocenters. The summed E-state index contributed by atoms with van der Waals surface area (Å²) in [6, 6.07) is 3.42. The summed E-state index contributed by atoms with van der Waals surface area (Å²) in [5.41, 5.74) is 1.29. The number of likely N-dealkylation sites (N-methyl/N-ethyl adjacent to an activating group) is 1. The van der Waals surface area contributed by atoms with E-state index in [1.54, 1.807) is 6.26 Å². The lowest BCUT2D eigenvalue weighted by Gasteiger charge is -2.24. The van der Waals surface area contributed by atoms with Crippen molar-refractivity contribution in [3.63, 3.8) is 0 Å². The quantitative estimate of drug-likeness (QED) is 0.799. The molecule has 1 aromatic rings. The minimum atomic E-state index is 0.565. The van der Waals surface area contributed by atoms with Crippen LogP contribution in [0.3, 0.4) is 0 Å². The zero-order chi connectivity index (χ0) is 11.5. The third-order valence-electron chi connectivity index (χ3n) is 3.42. The van der Waals surface area contributed by atoms with Crippen molar-refractivity contribution in [2.24, 2.45) is 0 Å². The number of hydrogen-bond acceptors (Lipinski definition) is 3. The Morgan fingerprint density at radius 3 is 2.88 bits per heavy atom. The van der Waals surface area contributed by atoms with Crippen LogP contribution in [0.2, 0.25) is 0 Å². The van der Waals surface area contributed by atoms with Gasteiger partial charge in [-0.2, -0.15) is 0 Å². The van der Waals surface area contributed by atoms with Gasteiger partial charge in [0.25, 0.3) is 0 Å². The second kappa shape index (κ2) is 5.02. The van der Waals surface area contributed by atoms with Crippen molar-refractivity contribution < 1.29 is 4.42 Å². The van der Waals surface area contributed by atoms with E-state index in [1.807, 2.05) is 6.92 Å².